The summed E-state index contributed by atoms with van der Waals surface area (Å²) < 4.78 is 0. The van der Waals surface area contributed by atoms with E-state index < -0.39 is 0 Å². The van der Waals surface area contributed by atoms with Crippen LogP contribution in [0.4, 0.5) is 0 Å². The molecule has 1 atom stereocenters. The zero-order valence-electron chi connectivity index (χ0n) is 7.07. The molecule has 1 aliphatic heterocycles. The van der Waals surface area contributed by atoms with E-state index in [2.05, 4.69) is 20.4 Å². The van der Waals surface area contributed by atoms with Gasteiger partial charge in [-0.2, -0.15) is 0 Å². The summed E-state index contributed by atoms with van der Waals surface area (Å²) in [4.78, 5) is 8.00. The molecule has 1 fully saturated rings. The number of hydrogen-bond acceptors (Lipinski definition) is 4. The van der Waals surface area contributed by atoms with Gasteiger partial charge in [-0.25, -0.2) is 15.0 Å². The molecule has 2 rings (SSSR count). The van der Waals surface area contributed by atoms with Crippen LogP contribution in [0, 0.1) is 0 Å². The van der Waals surface area contributed by atoms with Gasteiger partial charge in [-0.15, -0.1) is 0 Å². The third kappa shape index (κ3) is 1.31. The first-order valence-electron chi connectivity index (χ1n) is 4.09. The molecule has 4 heteroatoms. The van der Waals surface area contributed by atoms with Crippen LogP contribution >= 0.6 is 0 Å². The third-order valence-corrected chi connectivity index (χ3v) is 2.21. The number of hydrogen-bond donors (Lipinski definition) is 1. The van der Waals surface area contributed by atoms with Crippen molar-refractivity contribution in [3.05, 3.63) is 24.3 Å². The highest BCUT2D eigenvalue weighted by molar-refractivity contribution is 5.10. The normalized spacial score (nSPS) is 24.6. The predicted octanol–water partition coefficient (Wildman–Crippen LogP) is 0.358. The molecule has 0 aromatic carbocycles. The summed E-state index contributed by atoms with van der Waals surface area (Å²) in [6.45, 7) is 1.04. The Hall–Kier alpha value is -1.00. The Bertz CT molecular complexity index is 248. The van der Waals surface area contributed by atoms with Crippen molar-refractivity contribution in [3.8, 4) is 0 Å². The van der Waals surface area contributed by atoms with Gasteiger partial charge in [0.2, 0.25) is 0 Å². The minimum absolute atomic E-state index is 0.436. The average molecular weight is 164 g/mol. The standard InChI is InChI=1S/C8H12N4/c1-12-8(2-3-11-12)7-4-9-6-10-5-7/h4-6,8,11H,2-3H2,1H3. The number of hydrazine groups is 1. The van der Waals surface area contributed by atoms with E-state index in [9.17, 15) is 0 Å². The van der Waals surface area contributed by atoms with Gasteiger partial charge in [0.1, 0.15) is 6.33 Å². The molecule has 0 radical (unpaired) electrons. The summed E-state index contributed by atoms with van der Waals surface area (Å²) >= 11 is 0. The molecule has 1 N–H and O–H groups in total. The lowest BCUT2D eigenvalue weighted by Crippen LogP contribution is -2.28. The fourth-order valence-corrected chi connectivity index (χ4v) is 1.55. The maximum atomic E-state index is 4.00. The molecular formula is C8H12N4. The van der Waals surface area contributed by atoms with Gasteiger partial charge in [0.15, 0.2) is 0 Å². The van der Waals surface area contributed by atoms with Crippen molar-refractivity contribution in [2.45, 2.75) is 12.5 Å². The molecule has 0 amide bonds. The van der Waals surface area contributed by atoms with Crippen LogP contribution in [0.3, 0.4) is 0 Å². The fourth-order valence-electron chi connectivity index (χ4n) is 1.55. The topological polar surface area (TPSA) is 41.0 Å². The molecule has 1 aliphatic rings. The molecule has 0 bridgehead atoms. The van der Waals surface area contributed by atoms with Crippen LogP contribution < -0.4 is 5.43 Å². The van der Waals surface area contributed by atoms with E-state index in [1.165, 1.54) is 5.56 Å². The van der Waals surface area contributed by atoms with Crippen LogP contribution in [0.2, 0.25) is 0 Å². The van der Waals surface area contributed by atoms with Crippen molar-refractivity contribution in [3.63, 3.8) is 0 Å². The smallest absolute Gasteiger partial charge is 0.115 e. The van der Waals surface area contributed by atoms with E-state index in [0.717, 1.165) is 13.0 Å². The van der Waals surface area contributed by atoms with Crippen LogP contribution in [-0.4, -0.2) is 28.6 Å². The summed E-state index contributed by atoms with van der Waals surface area (Å²) in [7, 11) is 2.05. The molecule has 1 aromatic heterocycles. The summed E-state index contributed by atoms with van der Waals surface area (Å²) in [5.74, 6) is 0. The lowest BCUT2D eigenvalue weighted by molar-refractivity contribution is 0.239. The summed E-state index contributed by atoms with van der Waals surface area (Å²) in [5.41, 5.74) is 4.43. The Morgan fingerprint density at radius 1 is 1.50 bits per heavy atom. The van der Waals surface area contributed by atoms with Crippen molar-refractivity contribution >= 4 is 0 Å². The predicted molar refractivity (Wildman–Crippen MR) is 45.2 cm³/mol. The quantitative estimate of drug-likeness (QED) is 0.650. The first-order valence-corrected chi connectivity index (χ1v) is 4.09. The zero-order valence-corrected chi connectivity index (χ0v) is 7.07. The monoisotopic (exact) mass is 164 g/mol. The fraction of sp³-hybridized carbons (Fsp3) is 0.500. The van der Waals surface area contributed by atoms with E-state index in [1.807, 2.05) is 19.4 Å². The SMILES string of the molecule is CN1NCCC1c1cncnc1. The zero-order chi connectivity index (χ0) is 8.39. The Kier molecular flexibility index (Phi) is 2.01. The second-order valence-electron chi connectivity index (χ2n) is 3.00. The van der Waals surface area contributed by atoms with Gasteiger partial charge in [0.05, 0.1) is 6.04 Å². The number of nitrogens with one attached hydrogen (secondary N) is 1. The van der Waals surface area contributed by atoms with Crippen LogP contribution in [0.5, 0.6) is 0 Å². The molecule has 4 nitrogen and oxygen atoms in total. The minimum atomic E-state index is 0.436. The lowest BCUT2D eigenvalue weighted by atomic mass is 10.1. The van der Waals surface area contributed by atoms with Crippen molar-refractivity contribution < 1.29 is 0 Å². The van der Waals surface area contributed by atoms with Crippen LogP contribution in [0.15, 0.2) is 18.7 Å². The van der Waals surface area contributed by atoms with Gasteiger partial charge in [0.25, 0.3) is 0 Å². The minimum Gasteiger partial charge on any atom is -0.255 e. The second-order valence-corrected chi connectivity index (χ2v) is 3.00. The molecule has 0 spiro atoms. The highest BCUT2D eigenvalue weighted by Crippen LogP contribution is 2.23. The van der Waals surface area contributed by atoms with Crippen LogP contribution in [0.1, 0.15) is 18.0 Å². The third-order valence-electron chi connectivity index (χ3n) is 2.21. The van der Waals surface area contributed by atoms with Gasteiger partial charge >= 0.3 is 0 Å². The maximum absolute atomic E-state index is 4.00. The summed E-state index contributed by atoms with van der Waals surface area (Å²) in [6, 6.07) is 0.436. The Labute approximate surface area is 71.6 Å². The molecule has 2 heterocycles. The van der Waals surface area contributed by atoms with E-state index in [0.29, 0.717) is 6.04 Å². The average Bonchev–Trinajstić information content (AvgIpc) is 2.53. The molecule has 12 heavy (non-hydrogen) atoms. The molecule has 1 aromatic rings. The second kappa shape index (κ2) is 3.16. The maximum Gasteiger partial charge on any atom is 0.115 e. The first-order chi connectivity index (χ1) is 5.88. The van der Waals surface area contributed by atoms with Crippen molar-refractivity contribution in [1.82, 2.24) is 20.4 Å². The number of aromatic nitrogens is 2. The van der Waals surface area contributed by atoms with Crippen LogP contribution in [0.25, 0.3) is 0 Å². The van der Waals surface area contributed by atoms with E-state index in [-0.39, 0.29) is 0 Å². The molecule has 0 aliphatic carbocycles. The molecule has 1 unspecified atom stereocenters. The Morgan fingerprint density at radius 2 is 2.25 bits per heavy atom. The van der Waals surface area contributed by atoms with E-state index in [1.54, 1.807) is 6.33 Å². The highest BCUT2D eigenvalue weighted by Gasteiger charge is 2.22. The Balaban J connectivity index is 2.19. The molecule has 64 valence electrons. The lowest BCUT2D eigenvalue weighted by Gasteiger charge is -2.17. The molecule has 1 saturated heterocycles. The number of nitrogens with zero attached hydrogens (tertiary/aromatic N) is 3. The van der Waals surface area contributed by atoms with Gasteiger partial charge in [-0.3, -0.25) is 5.43 Å². The van der Waals surface area contributed by atoms with Crippen LogP contribution in [-0.2, 0) is 0 Å². The number of rotatable bonds is 1. The Morgan fingerprint density at radius 3 is 2.83 bits per heavy atom. The van der Waals surface area contributed by atoms with Gasteiger partial charge < -0.3 is 0 Å². The summed E-state index contributed by atoms with van der Waals surface area (Å²) in [5, 5.41) is 2.11. The van der Waals surface area contributed by atoms with Crippen molar-refractivity contribution in [1.29, 1.82) is 0 Å². The van der Waals surface area contributed by atoms with E-state index >= 15 is 0 Å². The van der Waals surface area contributed by atoms with Gasteiger partial charge in [-0.05, 0) is 6.42 Å². The first kappa shape index (κ1) is 7.64. The van der Waals surface area contributed by atoms with Crippen molar-refractivity contribution in [2.75, 3.05) is 13.6 Å². The largest absolute Gasteiger partial charge is 0.255 e. The van der Waals surface area contributed by atoms with Gasteiger partial charge in [0, 0.05) is 31.5 Å². The van der Waals surface area contributed by atoms with Gasteiger partial charge in [-0.1, -0.05) is 0 Å². The molecular weight excluding hydrogens is 152 g/mol. The van der Waals surface area contributed by atoms with E-state index in [4.69, 9.17) is 0 Å². The summed E-state index contributed by atoms with van der Waals surface area (Å²) in [6.07, 6.45) is 6.44. The van der Waals surface area contributed by atoms with Crippen molar-refractivity contribution in [2.24, 2.45) is 0 Å². The highest BCUT2D eigenvalue weighted by atomic mass is 15.5. The molecule has 0 saturated carbocycles.